The van der Waals surface area contributed by atoms with Crippen molar-refractivity contribution in [2.24, 2.45) is 0 Å². The molecule has 1 N–H and O–H groups in total. The molecule has 1 heterocycles. The molecule has 1 aliphatic rings. The fourth-order valence-electron chi connectivity index (χ4n) is 2.63. The van der Waals surface area contributed by atoms with E-state index in [1.54, 1.807) is 11.9 Å². The third-order valence-corrected chi connectivity index (χ3v) is 4.03. The predicted molar refractivity (Wildman–Crippen MR) is 93.5 cm³/mol. The fraction of sp³-hybridized carbons (Fsp3) is 0.263. The first-order chi connectivity index (χ1) is 11.5. The summed E-state index contributed by atoms with van der Waals surface area (Å²) in [5.41, 5.74) is 3.46. The van der Waals surface area contributed by atoms with E-state index in [9.17, 15) is 9.59 Å². The van der Waals surface area contributed by atoms with Crippen LogP contribution in [0.4, 0.5) is 11.4 Å². The monoisotopic (exact) mass is 324 g/mol. The molecular weight excluding hydrogens is 304 g/mol. The number of ether oxygens (including phenoxy) is 1. The lowest BCUT2D eigenvalue weighted by atomic mass is 10.1. The normalized spacial score (nSPS) is 13.8. The summed E-state index contributed by atoms with van der Waals surface area (Å²) in [5.74, 6) is 0.586. The Morgan fingerprint density at radius 1 is 1.21 bits per heavy atom. The summed E-state index contributed by atoms with van der Waals surface area (Å²) in [6, 6.07) is 13.2. The van der Waals surface area contributed by atoms with Crippen LogP contribution in [0.5, 0.6) is 5.75 Å². The van der Waals surface area contributed by atoms with Gasteiger partial charge in [-0.2, -0.15) is 0 Å². The summed E-state index contributed by atoms with van der Waals surface area (Å²) in [5, 5.41) is 2.88. The van der Waals surface area contributed by atoms with Crippen LogP contribution in [0.3, 0.4) is 0 Å². The highest BCUT2D eigenvalue weighted by Gasteiger charge is 2.20. The Hall–Kier alpha value is -2.82. The number of hydrogen-bond acceptors (Lipinski definition) is 3. The van der Waals surface area contributed by atoms with Crippen molar-refractivity contribution in [3.63, 3.8) is 0 Å². The van der Waals surface area contributed by atoms with E-state index in [2.05, 4.69) is 5.32 Å². The molecule has 0 bridgehead atoms. The first-order valence-corrected chi connectivity index (χ1v) is 7.92. The van der Waals surface area contributed by atoms with E-state index in [1.807, 2.05) is 49.4 Å². The van der Waals surface area contributed by atoms with Gasteiger partial charge in [0, 0.05) is 12.7 Å². The Morgan fingerprint density at radius 3 is 2.71 bits per heavy atom. The Kier molecular flexibility index (Phi) is 4.51. The van der Waals surface area contributed by atoms with Gasteiger partial charge in [-0.3, -0.25) is 9.59 Å². The van der Waals surface area contributed by atoms with E-state index in [0.717, 1.165) is 16.8 Å². The van der Waals surface area contributed by atoms with Gasteiger partial charge in [0.2, 0.25) is 11.8 Å². The molecule has 124 valence electrons. The smallest absolute Gasteiger partial charge is 0.230 e. The number of rotatable bonds is 3. The van der Waals surface area contributed by atoms with Gasteiger partial charge < -0.3 is 15.0 Å². The zero-order valence-corrected chi connectivity index (χ0v) is 13.8. The summed E-state index contributed by atoms with van der Waals surface area (Å²) in [4.78, 5) is 25.8. The molecule has 0 aromatic heterocycles. The number of carbonyl (C=O) groups is 2. The highest BCUT2D eigenvalue weighted by Crippen LogP contribution is 2.31. The largest absolute Gasteiger partial charge is 0.491 e. The third kappa shape index (κ3) is 3.56. The van der Waals surface area contributed by atoms with E-state index in [4.69, 9.17) is 4.74 Å². The zero-order chi connectivity index (χ0) is 17.1. The Bertz CT molecular complexity index is 769. The Morgan fingerprint density at radius 2 is 1.96 bits per heavy atom. The number of nitrogens with one attached hydrogen (secondary N) is 1. The molecule has 0 spiro atoms. The van der Waals surface area contributed by atoms with Crippen molar-refractivity contribution < 1.29 is 14.3 Å². The number of hydrogen-bond donors (Lipinski definition) is 1. The van der Waals surface area contributed by atoms with Crippen LogP contribution >= 0.6 is 0 Å². The number of benzene rings is 2. The summed E-state index contributed by atoms with van der Waals surface area (Å²) in [6.45, 7) is 2.38. The molecule has 0 unspecified atom stereocenters. The highest BCUT2D eigenvalue weighted by molar-refractivity contribution is 5.96. The van der Waals surface area contributed by atoms with Gasteiger partial charge in [-0.25, -0.2) is 0 Å². The molecule has 24 heavy (non-hydrogen) atoms. The minimum atomic E-state index is -0.0951. The number of fused-ring (bicyclic) bond motifs is 1. The van der Waals surface area contributed by atoms with Gasteiger partial charge >= 0.3 is 0 Å². The minimum Gasteiger partial charge on any atom is -0.491 e. The van der Waals surface area contributed by atoms with Crippen molar-refractivity contribution in [1.82, 2.24) is 0 Å². The van der Waals surface area contributed by atoms with Crippen LogP contribution in [0.1, 0.15) is 17.5 Å². The van der Waals surface area contributed by atoms with Crippen LogP contribution in [-0.4, -0.2) is 25.5 Å². The van der Waals surface area contributed by atoms with Crippen molar-refractivity contribution in [3.8, 4) is 5.75 Å². The molecule has 0 saturated heterocycles. The van der Waals surface area contributed by atoms with Gasteiger partial charge in [0.1, 0.15) is 5.75 Å². The lowest BCUT2D eigenvalue weighted by Crippen LogP contribution is -2.25. The standard InChI is InChI=1S/C19H20N2O3/c1-13-3-6-15(7-4-13)20-18(22)12-14-5-8-17-16(11-14)21(2)19(23)9-10-24-17/h3-8,11H,9-10,12H2,1-2H3,(H,20,22). The molecule has 0 saturated carbocycles. The molecular formula is C19H20N2O3. The molecule has 2 aromatic carbocycles. The van der Waals surface area contributed by atoms with Crippen LogP contribution < -0.4 is 15.0 Å². The van der Waals surface area contributed by atoms with E-state index in [-0.39, 0.29) is 18.2 Å². The number of anilines is 2. The van der Waals surface area contributed by atoms with E-state index in [0.29, 0.717) is 24.5 Å². The SMILES string of the molecule is Cc1ccc(NC(=O)Cc2ccc3c(c2)N(C)C(=O)CCO3)cc1. The average molecular weight is 324 g/mol. The number of nitrogens with zero attached hydrogens (tertiary/aromatic N) is 1. The maximum absolute atomic E-state index is 12.2. The quantitative estimate of drug-likeness (QED) is 0.944. The number of aryl methyl sites for hydroxylation is 1. The van der Waals surface area contributed by atoms with Crippen molar-refractivity contribution in [2.45, 2.75) is 19.8 Å². The molecule has 2 aromatic rings. The number of amides is 2. The maximum Gasteiger partial charge on any atom is 0.230 e. The fourth-order valence-corrected chi connectivity index (χ4v) is 2.63. The molecule has 3 rings (SSSR count). The predicted octanol–water partition coefficient (Wildman–Crippen LogP) is 2.92. The molecule has 5 heteroatoms. The zero-order valence-electron chi connectivity index (χ0n) is 13.8. The van der Waals surface area contributed by atoms with E-state index in [1.165, 1.54) is 0 Å². The maximum atomic E-state index is 12.2. The average Bonchev–Trinajstić information content (AvgIpc) is 2.70. The molecule has 5 nitrogen and oxygen atoms in total. The second-order valence-corrected chi connectivity index (χ2v) is 5.94. The van der Waals surface area contributed by atoms with E-state index >= 15 is 0 Å². The molecule has 0 fully saturated rings. The van der Waals surface area contributed by atoms with Gasteiger partial charge in [-0.05, 0) is 36.8 Å². The number of carbonyl (C=O) groups excluding carboxylic acids is 2. The van der Waals surface area contributed by atoms with E-state index < -0.39 is 0 Å². The second-order valence-electron chi connectivity index (χ2n) is 5.94. The molecule has 0 atom stereocenters. The van der Waals surface area contributed by atoms with Gasteiger partial charge in [0.25, 0.3) is 0 Å². The summed E-state index contributed by atoms with van der Waals surface area (Å²) in [7, 11) is 1.73. The second kappa shape index (κ2) is 6.74. The summed E-state index contributed by atoms with van der Waals surface area (Å²) >= 11 is 0. The van der Waals surface area contributed by atoms with Gasteiger partial charge in [-0.15, -0.1) is 0 Å². The van der Waals surface area contributed by atoms with Gasteiger partial charge in [-0.1, -0.05) is 23.8 Å². The Labute approximate surface area is 141 Å². The first kappa shape index (κ1) is 16.1. The lowest BCUT2D eigenvalue weighted by molar-refractivity contribution is -0.118. The topological polar surface area (TPSA) is 58.6 Å². The molecule has 0 radical (unpaired) electrons. The molecule has 2 amide bonds. The first-order valence-electron chi connectivity index (χ1n) is 7.92. The van der Waals surface area contributed by atoms with Crippen LogP contribution in [0.2, 0.25) is 0 Å². The minimum absolute atomic E-state index is 0.00927. The Balaban J connectivity index is 1.73. The van der Waals surface area contributed by atoms with Crippen molar-refractivity contribution in [3.05, 3.63) is 53.6 Å². The van der Waals surface area contributed by atoms with Crippen LogP contribution in [-0.2, 0) is 16.0 Å². The summed E-state index contributed by atoms with van der Waals surface area (Å²) in [6.07, 6.45) is 0.595. The van der Waals surface area contributed by atoms with Crippen molar-refractivity contribution in [1.29, 1.82) is 0 Å². The summed E-state index contributed by atoms with van der Waals surface area (Å²) < 4.78 is 5.59. The van der Waals surface area contributed by atoms with Crippen LogP contribution in [0, 0.1) is 6.92 Å². The third-order valence-electron chi connectivity index (χ3n) is 4.03. The van der Waals surface area contributed by atoms with Crippen LogP contribution in [0.25, 0.3) is 0 Å². The lowest BCUT2D eigenvalue weighted by Gasteiger charge is -2.17. The van der Waals surface area contributed by atoms with Gasteiger partial charge in [0.15, 0.2) is 0 Å². The van der Waals surface area contributed by atoms with Crippen LogP contribution in [0.15, 0.2) is 42.5 Å². The molecule has 1 aliphatic heterocycles. The van der Waals surface area contributed by atoms with Crippen molar-refractivity contribution in [2.75, 3.05) is 23.9 Å². The van der Waals surface area contributed by atoms with Gasteiger partial charge in [0.05, 0.1) is 25.1 Å². The highest BCUT2D eigenvalue weighted by atomic mass is 16.5. The molecule has 0 aliphatic carbocycles. The van der Waals surface area contributed by atoms with Crippen molar-refractivity contribution >= 4 is 23.2 Å².